The molecule has 1 aromatic heterocycles. The van der Waals surface area contributed by atoms with Crippen LogP contribution in [0, 0.1) is 5.82 Å². The van der Waals surface area contributed by atoms with Gasteiger partial charge in [-0.2, -0.15) is 0 Å². The average molecular weight is 344 g/mol. The van der Waals surface area contributed by atoms with Crippen LogP contribution < -0.4 is 0 Å². The minimum Gasteiger partial charge on any atom is -0.390 e. The van der Waals surface area contributed by atoms with E-state index in [1.54, 1.807) is 12.1 Å². The molecular weight excluding hydrogens is 319 g/mol. The molecule has 2 fully saturated rings. The van der Waals surface area contributed by atoms with Crippen molar-refractivity contribution in [1.29, 1.82) is 0 Å². The summed E-state index contributed by atoms with van der Waals surface area (Å²) >= 11 is 0. The molecule has 2 aromatic rings. The Bertz CT molecular complexity index is 709. The monoisotopic (exact) mass is 344 g/mol. The average Bonchev–Trinajstić information content (AvgIpc) is 3.30. The third kappa shape index (κ3) is 3.33. The second-order valence-corrected chi connectivity index (χ2v) is 7.22. The fraction of sp³-hybridized carbons (Fsp3) is 0.579. The minimum atomic E-state index is -0.277. The van der Waals surface area contributed by atoms with Gasteiger partial charge in [-0.3, -0.25) is 4.90 Å². The van der Waals surface area contributed by atoms with Crippen LogP contribution in [0.5, 0.6) is 0 Å². The normalized spacial score (nSPS) is 22.6. The van der Waals surface area contributed by atoms with E-state index >= 15 is 0 Å². The van der Waals surface area contributed by atoms with Gasteiger partial charge in [0, 0.05) is 24.7 Å². The predicted molar refractivity (Wildman–Crippen MR) is 93.4 cm³/mol. The van der Waals surface area contributed by atoms with Crippen molar-refractivity contribution in [2.24, 2.45) is 0 Å². The molecule has 25 heavy (non-hydrogen) atoms. The lowest BCUT2D eigenvalue weighted by Crippen LogP contribution is -2.35. The van der Waals surface area contributed by atoms with Gasteiger partial charge in [-0.25, -0.2) is 9.07 Å². The van der Waals surface area contributed by atoms with Crippen LogP contribution in [0.1, 0.15) is 50.3 Å². The summed E-state index contributed by atoms with van der Waals surface area (Å²) in [6, 6.07) is 7.16. The Hall–Kier alpha value is -1.79. The molecule has 4 rings (SSSR count). The summed E-state index contributed by atoms with van der Waals surface area (Å²) in [7, 11) is 0. The fourth-order valence-electron chi connectivity index (χ4n) is 4.33. The quantitative estimate of drug-likeness (QED) is 0.926. The number of rotatable bonds is 4. The summed E-state index contributed by atoms with van der Waals surface area (Å²) in [5.41, 5.74) is 2.17. The van der Waals surface area contributed by atoms with Crippen molar-refractivity contribution in [2.45, 2.75) is 57.2 Å². The van der Waals surface area contributed by atoms with Crippen molar-refractivity contribution < 1.29 is 9.50 Å². The molecule has 0 spiro atoms. The van der Waals surface area contributed by atoms with E-state index < -0.39 is 0 Å². The topological polar surface area (TPSA) is 54.2 Å². The summed E-state index contributed by atoms with van der Waals surface area (Å²) in [4.78, 5) is 2.59. The number of aromatic nitrogens is 3. The zero-order valence-electron chi connectivity index (χ0n) is 14.4. The smallest absolute Gasteiger partial charge is 0.123 e. The standard InChI is InChI=1S/C19H25FN4O/c20-15-8-6-14(7-9-15)19-18(13-25)24(22-21-19)17-10-11-23(12-17)16-4-2-1-3-5-16/h6-9,16-17,25H,1-5,10-13H2. The molecule has 2 heterocycles. The number of benzene rings is 1. The van der Waals surface area contributed by atoms with E-state index in [1.807, 2.05) is 4.68 Å². The van der Waals surface area contributed by atoms with Crippen LogP contribution in [0.4, 0.5) is 4.39 Å². The molecule has 134 valence electrons. The predicted octanol–water partition coefficient (Wildman–Crippen LogP) is 3.16. The molecule has 1 saturated heterocycles. The van der Waals surface area contributed by atoms with Gasteiger partial charge in [0.1, 0.15) is 11.5 Å². The first-order valence-electron chi connectivity index (χ1n) is 9.31. The maximum absolute atomic E-state index is 13.2. The first kappa shape index (κ1) is 16.7. The molecule has 1 aliphatic heterocycles. The first-order chi connectivity index (χ1) is 12.3. The molecule has 1 aliphatic carbocycles. The zero-order chi connectivity index (χ0) is 17.2. The molecule has 2 aliphatic rings. The molecule has 6 heteroatoms. The van der Waals surface area contributed by atoms with Crippen LogP contribution in [0.2, 0.25) is 0 Å². The van der Waals surface area contributed by atoms with Gasteiger partial charge in [-0.15, -0.1) is 5.10 Å². The maximum atomic E-state index is 13.2. The number of hydrogen-bond donors (Lipinski definition) is 1. The Kier molecular flexibility index (Phi) is 4.81. The number of aliphatic hydroxyl groups excluding tert-OH is 1. The number of nitrogens with zero attached hydrogens (tertiary/aromatic N) is 4. The molecule has 1 saturated carbocycles. The molecule has 1 N–H and O–H groups in total. The lowest BCUT2D eigenvalue weighted by atomic mass is 9.94. The van der Waals surface area contributed by atoms with Crippen LogP contribution in [0.3, 0.4) is 0 Å². The van der Waals surface area contributed by atoms with Gasteiger partial charge in [0.15, 0.2) is 0 Å². The van der Waals surface area contributed by atoms with E-state index in [4.69, 9.17) is 0 Å². The number of hydrogen-bond acceptors (Lipinski definition) is 4. The Morgan fingerprint density at radius 1 is 1.04 bits per heavy atom. The Morgan fingerprint density at radius 3 is 2.52 bits per heavy atom. The molecule has 0 radical (unpaired) electrons. The molecule has 5 nitrogen and oxygen atoms in total. The van der Waals surface area contributed by atoms with Crippen LogP contribution in [0.15, 0.2) is 24.3 Å². The van der Waals surface area contributed by atoms with E-state index in [9.17, 15) is 9.50 Å². The van der Waals surface area contributed by atoms with Gasteiger partial charge in [0.2, 0.25) is 0 Å². The Labute approximate surface area is 147 Å². The summed E-state index contributed by atoms with van der Waals surface area (Å²) in [6.07, 6.45) is 7.69. The fourth-order valence-corrected chi connectivity index (χ4v) is 4.33. The van der Waals surface area contributed by atoms with Gasteiger partial charge in [-0.05, 0) is 43.5 Å². The minimum absolute atomic E-state index is 0.111. The van der Waals surface area contributed by atoms with Crippen molar-refractivity contribution in [1.82, 2.24) is 19.9 Å². The van der Waals surface area contributed by atoms with Gasteiger partial charge >= 0.3 is 0 Å². The molecular formula is C19H25FN4O. The van der Waals surface area contributed by atoms with Crippen LogP contribution >= 0.6 is 0 Å². The zero-order valence-corrected chi connectivity index (χ0v) is 14.4. The van der Waals surface area contributed by atoms with Gasteiger partial charge in [0.25, 0.3) is 0 Å². The summed E-state index contributed by atoms with van der Waals surface area (Å²) in [5, 5.41) is 18.5. The highest BCUT2D eigenvalue weighted by molar-refractivity contribution is 5.61. The van der Waals surface area contributed by atoms with Crippen molar-refractivity contribution in [3.63, 3.8) is 0 Å². The molecule has 0 amide bonds. The number of halogens is 1. The number of likely N-dealkylation sites (tertiary alicyclic amines) is 1. The van der Waals surface area contributed by atoms with E-state index in [0.29, 0.717) is 11.7 Å². The van der Waals surface area contributed by atoms with Gasteiger partial charge in [0.05, 0.1) is 18.3 Å². The Balaban J connectivity index is 1.54. The molecule has 1 unspecified atom stereocenters. The molecule has 0 bridgehead atoms. The van der Waals surface area contributed by atoms with Crippen molar-refractivity contribution in [3.05, 3.63) is 35.8 Å². The van der Waals surface area contributed by atoms with E-state index in [0.717, 1.165) is 30.8 Å². The first-order valence-corrected chi connectivity index (χ1v) is 9.31. The van der Waals surface area contributed by atoms with Gasteiger partial charge < -0.3 is 5.11 Å². The van der Waals surface area contributed by atoms with Crippen LogP contribution in [-0.2, 0) is 6.61 Å². The lowest BCUT2D eigenvalue weighted by molar-refractivity contribution is 0.182. The second kappa shape index (κ2) is 7.22. The lowest BCUT2D eigenvalue weighted by Gasteiger charge is -2.31. The van der Waals surface area contributed by atoms with E-state index in [-0.39, 0.29) is 18.5 Å². The highest BCUT2D eigenvalue weighted by Gasteiger charge is 2.32. The highest BCUT2D eigenvalue weighted by atomic mass is 19.1. The van der Waals surface area contributed by atoms with Crippen molar-refractivity contribution >= 4 is 0 Å². The third-order valence-corrected chi connectivity index (χ3v) is 5.69. The van der Waals surface area contributed by atoms with Crippen molar-refractivity contribution in [3.8, 4) is 11.3 Å². The third-order valence-electron chi connectivity index (χ3n) is 5.69. The van der Waals surface area contributed by atoms with Gasteiger partial charge in [-0.1, -0.05) is 24.5 Å². The largest absolute Gasteiger partial charge is 0.390 e. The van der Waals surface area contributed by atoms with Crippen molar-refractivity contribution in [2.75, 3.05) is 13.1 Å². The SMILES string of the molecule is OCc1c(-c2ccc(F)cc2)nnn1C1CCN(C2CCCCC2)C1. The highest BCUT2D eigenvalue weighted by Crippen LogP contribution is 2.32. The molecule has 1 aromatic carbocycles. The maximum Gasteiger partial charge on any atom is 0.123 e. The summed E-state index contributed by atoms with van der Waals surface area (Å²) in [5.74, 6) is -0.277. The summed E-state index contributed by atoms with van der Waals surface area (Å²) in [6.45, 7) is 1.95. The second-order valence-electron chi connectivity index (χ2n) is 7.22. The van der Waals surface area contributed by atoms with E-state index in [2.05, 4.69) is 15.2 Å². The van der Waals surface area contributed by atoms with Crippen LogP contribution in [0.25, 0.3) is 11.3 Å². The van der Waals surface area contributed by atoms with Crippen LogP contribution in [-0.4, -0.2) is 44.1 Å². The number of aliphatic hydroxyl groups is 1. The Morgan fingerprint density at radius 2 is 1.80 bits per heavy atom. The van der Waals surface area contributed by atoms with E-state index in [1.165, 1.54) is 44.2 Å². The molecule has 1 atom stereocenters. The summed E-state index contributed by atoms with van der Waals surface area (Å²) < 4.78 is 15.0.